The van der Waals surface area contributed by atoms with Gasteiger partial charge < -0.3 is 15.1 Å². The number of carbonyl (C=O) groups is 4. The zero-order chi connectivity index (χ0) is 22.6. The lowest BCUT2D eigenvalue weighted by Crippen LogP contribution is -2.62. The van der Waals surface area contributed by atoms with Gasteiger partial charge in [0, 0.05) is 24.7 Å². The molecule has 168 valence electrons. The van der Waals surface area contributed by atoms with Gasteiger partial charge in [-0.05, 0) is 12.1 Å². The van der Waals surface area contributed by atoms with Crippen LogP contribution < -0.4 is 10.6 Å². The van der Waals surface area contributed by atoms with E-state index in [1.807, 2.05) is 6.07 Å². The van der Waals surface area contributed by atoms with Crippen molar-refractivity contribution in [1.29, 1.82) is 0 Å². The van der Waals surface area contributed by atoms with E-state index < -0.39 is 45.8 Å². The molecule has 2 aromatic rings. The second-order valence-electron chi connectivity index (χ2n) is 8.03. The van der Waals surface area contributed by atoms with Gasteiger partial charge in [-0.25, -0.2) is 18.2 Å². The first-order valence-corrected chi connectivity index (χ1v) is 12.6. The van der Waals surface area contributed by atoms with Crippen LogP contribution in [0.1, 0.15) is 16.1 Å². The van der Waals surface area contributed by atoms with E-state index in [1.165, 1.54) is 21.1 Å². The molecule has 3 fully saturated rings. The lowest BCUT2D eigenvalue weighted by Gasteiger charge is -2.44. The van der Waals surface area contributed by atoms with Crippen LogP contribution >= 0.6 is 11.3 Å². The Kier molecular flexibility index (Phi) is 4.89. The number of carbonyl (C=O) groups excluding carboxylic acids is 4. The summed E-state index contributed by atoms with van der Waals surface area (Å²) >= 11 is 1.24. The quantitative estimate of drug-likeness (QED) is 0.558. The van der Waals surface area contributed by atoms with Crippen LogP contribution in [0.5, 0.6) is 0 Å². The van der Waals surface area contributed by atoms with Crippen LogP contribution in [0.3, 0.4) is 0 Å². The summed E-state index contributed by atoms with van der Waals surface area (Å²) in [6.07, 6.45) is 1.38. The van der Waals surface area contributed by atoms with Crippen molar-refractivity contribution in [2.24, 2.45) is 0 Å². The first-order chi connectivity index (χ1) is 15.2. The third kappa shape index (κ3) is 3.60. The molecule has 5 amide bonds. The van der Waals surface area contributed by atoms with Crippen LogP contribution in [-0.2, 0) is 19.4 Å². The van der Waals surface area contributed by atoms with Crippen molar-refractivity contribution in [3.8, 4) is 0 Å². The van der Waals surface area contributed by atoms with Crippen LogP contribution in [-0.4, -0.2) is 89.7 Å². The van der Waals surface area contributed by atoms with Crippen LogP contribution in [0.25, 0.3) is 10.2 Å². The standard InChI is InChI=1S/C19H19N5O6S2/c25-15(7-11-16(26)22-19(28)21-11)23-4-5-24(13-9-32(29,30)8-12(13)23)18(27)14-6-10-2-1-3-20-17(10)31-14/h1-3,6,11-13H,4-5,7-9H2,(H2,21,22,26,28)/t11?,12-,13+/m0/s1. The maximum atomic E-state index is 13.3. The lowest BCUT2D eigenvalue weighted by atomic mass is 10.0. The Morgan fingerprint density at radius 2 is 1.88 bits per heavy atom. The van der Waals surface area contributed by atoms with Gasteiger partial charge in [0.1, 0.15) is 10.9 Å². The molecule has 2 N–H and O–H groups in total. The maximum absolute atomic E-state index is 13.3. The molecule has 2 aromatic heterocycles. The fourth-order valence-electron chi connectivity index (χ4n) is 4.53. The van der Waals surface area contributed by atoms with Gasteiger partial charge in [0.05, 0.1) is 34.9 Å². The van der Waals surface area contributed by atoms with Crippen LogP contribution in [0.15, 0.2) is 24.4 Å². The van der Waals surface area contributed by atoms with Gasteiger partial charge in [0.25, 0.3) is 11.8 Å². The average molecular weight is 478 g/mol. The van der Waals surface area contributed by atoms with E-state index in [2.05, 4.69) is 15.6 Å². The Hall–Kier alpha value is -3.06. The second-order valence-corrected chi connectivity index (χ2v) is 11.2. The summed E-state index contributed by atoms with van der Waals surface area (Å²) in [5.41, 5.74) is 0. The molecule has 3 aliphatic rings. The van der Waals surface area contributed by atoms with E-state index in [0.717, 1.165) is 10.2 Å². The summed E-state index contributed by atoms with van der Waals surface area (Å²) in [7, 11) is -3.46. The highest BCUT2D eigenvalue weighted by Gasteiger charge is 2.50. The summed E-state index contributed by atoms with van der Waals surface area (Å²) in [5, 5.41) is 5.28. The summed E-state index contributed by atoms with van der Waals surface area (Å²) in [4.78, 5) is 57.7. The van der Waals surface area contributed by atoms with Gasteiger partial charge >= 0.3 is 6.03 Å². The third-order valence-electron chi connectivity index (χ3n) is 6.00. The van der Waals surface area contributed by atoms with E-state index >= 15 is 0 Å². The minimum absolute atomic E-state index is 0.146. The number of sulfone groups is 1. The zero-order valence-corrected chi connectivity index (χ0v) is 18.3. The smallest absolute Gasteiger partial charge is 0.322 e. The third-order valence-corrected chi connectivity index (χ3v) is 8.74. The number of thiophene rings is 1. The predicted molar refractivity (Wildman–Crippen MR) is 114 cm³/mol. The van der Waals surface area contributed by atoms with Gasteiger partial charge in [-0.1, -0.05) is 6.07 Å². The highest BCUT2D eigenvalue weighted by atomic mass is 32.2. The molecule has 0 saturated carbocycles. The molecule has 0 bridgehead atoms. The monoisotopic (exact) mass is 477 g/mol. The minimum Gasteiger partial charge on any atom is -0.335 e. The number of imide groups is 1. The lowest BCUT2D eigenvalue weighted by molar-refractivity contribution is -0.138. The number of hydrogen-bond acceptors (Lipinski definition) is 8. The Morgan fingerprint density at radius 3 is 2.56 bits per heavy atom. The van der Waals surface area contributed by atoms with Gasteiger partial charge in [-0.3, -0.25) is 19.7 Å². The highest BCUT2D eigenvalue weighted by Crippen LogP contribution is 2.31. The molecule has 13 heteroatoms. The number of piperazine rings is 1. The van der Waals surface area contributed by atoms with E-state index in [0.29, 0.717) is 4.88 Å². The number of aromatic nitrogens is 1. The summed E-state index contributed by atoms with van der Waals surface area (Å²) < 4.78 is 24.9. The summed E-state index contributed by atoms with van der Waals surface area (Å²) in [6.45, 7) is 0.318. The van der Waals surface area contributed by atoms with Crippen LogP contribution in [0, 0.1) is 0 Å². The number of rotatable bonds is 3. The van der Waals surface area contributed by atoms with Crippen LogP contribution in [0.2, 0.25) is 0 Å². The highest BCUT2D eigenvalue weighted by molar-refractivity contribution is 7.91. The predicted octanol–water partition coefficient (Wildman–Crippen LogP) is -0.656. The van der Waals surface area contributed by atoms with Crippen molar-refractivity contribution in [1.82, 2.24) is 25.4 Å². The minimum atomic E-state index is -3.46. The fraction of sp³-hybridized carbons (Fsp3) is 0.421. The molecule has 3 aliphatic heterocycles. The second kappa shape index (κ2) is 7.52. The molecular formula is C19H19N5O6S2. The average Bonchev–Trinajstić information content (AvgIpc) is 3.40. The molecule has 5 heterocycles. The number of urea groups is 1. The number of amides is 5. The molecular weight excluding hydrogens is 458 g/mol. The van der Waals surface area contributed by atoms with Crippen molar-refractivity contribution in [3.05, 3.63) is 29.3 Å². The molecule has 0 aliphatic carbocycles. The topological polar surface area (TPSA) is 146 Å². The van der Waals surface area contributed by atoms with E-state index in [9.17, 15) is 27.6 Å². The molecule has 11 nitrogen and oxygen atoms in total. The zero-order valence-electron chi connectivity index (χ0n) is 16.7. The van der Waals surface area contributed by atoms with E-state index in [4.69, 9.17) is 0 Å². The Labute approximate surface area is 186 Å². The van der Waals surface area contributed by atoms with Crippen molar-refractivity contribution in [2.75, 3.05) is 24.6 Å². The maximum Gasteiger partial charge on any atom is 0.322 e. The number of nitrogens with one attached hydrogen (secondary N) is 2. The Morgan fingerprint density at radius 1 is 1.16 bits per heavy atom. The number of hydrogen-bond donors (Lipinski definition) is 2. The van der Waals surface area contributed by atoms with E-state index in [1.54, 1.807) is 18.3 Å². The number of fused-ring (bicyclic) bond motifs is 2. The van der Waals surface area contributed by atoms with Gasteiger partial charge in [0.15, 0.2) is 9.84 Å². The molecule has 3 saturated heterocycles. The number of pyridine rings is 1. The van der Waals surface area contributed by atoms with Crippen molar-refractivity contribution >= 4 is 55.1 Å². The fourth-order valence-corrected chi connectivity index (χ4v) is 7.47. The molecule has 0 spiro atoms. The SMILES string of the molecule is O=C1NC(=O)C(CC(=O)N2CCN(C(=O)c3cc4cccnc4s3)[C@@H]3CS(=O)(=O)C[C@@H]32)N1. The summed E-state index contributed by atoms with van der Waals surface area (Å²) in [6, 6.07) is 2.35. The number of nitrogens with zero attached hydrogens (tertiary/aromatic N) is 3. The molecule has 32 heavy (non-hydrogen) atoms. The van der Waals surface area contributed by atoms with E-state index in [-0.39, 0.29) is 36.9 Å². The van der Waals surface area contributed by atoms with Gasteiger partial charge in [-0.15, -0.1) is 11.3 Å². The Balaban J connectivity index is 1.38. The summed E-state index contributed by atoms with van der Waals surface area (Å²) in [5.74, 6) is -1.78. The van der Waals surface area contributed by atoms with Crippen molar-refractivity contribution < 1.29 is 27.6 Å². The Bertz CT molecular complexity index is 1220. The first-order valence-electron chi connectivity index (χ1n) is 9.98. The first kappa shape index (κ1) is 20.8. The molecule has 5 rings (SSSR count). The van der Waals surface area contributed by atoms with Gasteiger partial charge in [0.2, 0.25) is 5.91 Å². The molecule has 1 unspecified atom stereocenters. The van der Waals surface area contributed by atoms with Crippen molar-refractivity contribution in [2.45, 2.75) is 24.5 Å². The molecule has 0 radical (unpaired) electrons. The largest absolute Gasteiger partial charge is 0.335 e. The van der Waals surface area contributed by atoms with Crippen LogP contribution in [0.4, 0.5) is 4.79 Å². The molecule has 0 aromatic carbocycles. The molecule has 3 atom stereocenters. The van der Waals surface area contributed by atoms with Gasteiger partial charge in [-0.2, -0.15) is 0 Å². The normalized spacial score (nSPS) is 26.7. The van der Waals surface area contributed by atoms with Crippen molar-refractivity contribution in [3.63, 3.8) is 0 Å².